The van der Waals surface area contributed by atoms with Gasteiger partial charge in [0.1, 0.15) is 5.25 Å². The van der Waals surface area contributed by atoms with Crippen LogP contribution in [0.1, 0.15) is 28.7 Å². The molecule has 27 heavy (non-hydrogen) atoms. The Kier molecular flexibility index (Phi) is 5.65. The molecule has 0 spiro atoms. The molecular weight excluding hydrogens is 358 g/mol. The highest BCUT2D eigenvalue weighted by Crippen LogP contribution is 2.28. The molecule has 140 valence electrons. The molecule has 3 rings (SSSR count). The average Bonchev–Trinajstić information content (AvgIpc) is 2.93. The molecule has 2 N–H and O–H groups in total. The molecule has 2 aromatic carbocycles. The smallest absolute Gasteiger partial charge is 0.240 e. The van der Waals surface area contributed by atoms with Crippen LogP contribution in [0.5, 0.6) is 0 Å². The zero-order valence-electron chi connectivity index (χ0n) is 15.9. The second-order valence-corrected chi connectivity index (χ2v) is 8.06. The first-order valence-corrected chi connectivity index (χ1v) is 9.70. The summed E-state index contributed by atoms with van der Waals surface area (Å²) in [6.07, 6.45) is 0.107. The van der Waals surface area contributed by atoms with Crippen LogP contribution >= 0.6 is 11.8 Å². The fraction of sp³-hybridized carbons (Fsp3) is 0.286. The molecule has 6 heteroatoms. The van der Waals surface area contributed by atoms with Crippen molar-refractivity contribution in [3.63, 3.8) is 0 Å². The van der Waals surface area contributed by atoms with Gasteiger partial charge in [-0.1, -0.05) is 36.0 Å². The van der Waals surface area contributed by atoms with Gasteiger partial charge in [-0.25, -0.2) is 4.99 Å². The third kappa shape index (κ3) is 4.77. The van der Waals surface area contributed by atoms with Gasteiger partial charge in [0.15, 0.2) is 5.17 Å². The van der Waals surface area contributed by atoms with Gasteiger partial charge in [0.05, 0.1) is 5.69 Å². The molecule has 1 heterocycles. The van der Waals surface area contributed by atoms with E-state index in [1.807, 2.05) is 64.1 Å². The Balaban J connectivity index is 1.67. The number of benzene rings is 2. The van der Waals surface area contributed by atoms with E-state index in [1.54, 1.807) is 0 Å². The minimum absolute atomic E-state index is 0.107. The van der Waals surface area contributed by atoms with E-state index in [0.29, 0.717) is 5.17 Å². The summed E-state index contributed by atoms with van der Waals surface area (Å²) in [6.45, 7) is 7.91. The number of anilines is 1. The third-order valence-corrected chi connectivity index (χ3v) is 5.48. The van der Waals surface area contributed by atoms with E-state index in [2.05, 4.69) is 15.6 Å². The number of amidine groups is 1. The maximum absolute atomic E-state index is 12.4. The van der Waals surface area contributed by atoms with E-state index < -0.39 is 5.25 Å². The topological polar surface area (TPSA) is 70.6 Å². The zero-order chi connectivity index (χ0) is 19.6. The van der Waals surface area contributed by atoms with E-state index >= 15 is 0 Å². The van der Waals surface area contributed by atoms with Gasteiger partial charge in [0.2, 0.25) is 11.8 Å². The number of carbonyl (C=O) groups is 2. The van der Waals surface area contributed by atoms with Gasteiger partial charge < -0.3 is 10.6 Å². The molecule has 2 amide bonds. The molecule has 1 aliphatic rings. The number of rotatable bonds is 4. The molecule has 0 radical (unpaired) electrons. The molecule has 0 saturated carbocycles. The van der Waals surface area contributed by atoms with E-state index in [-0.39, 0.29) is 18.2 Å². The van der Waals surface area contributed by atoms with E-state index in [4.69, 9.17) is 0 Å². The lowest BCUT2D eigenvalue weighted by Crippen LogP contribution is -2.28. The van der Waals surface area contributed by atoms with Gasteiger partial charge in [-0.05, 0) is 62.1 Å². The van der Waals surface area contributed by atoms with Crippen molar-refractivity contribution in [3.8, 4) is 0 Å². The second-order valence-electron chi connectivity index (χ2n) is 6.87. The molecule has 2 aromatic rings. The molecule has 0 unspecified atom stereocenters. The van der Waals surface area contributed by atoms with Crippen LogP contribution in [0.3, 0.4) is 0 Å². The van der Waals surface area contributed by atoms with Crippen LogP contribution in [0.2, 0.25) is 0 Å². The fourth-order valence-electron chi connectivity index (χ4n) is 2.78. The normalized spacial score (nSPS) is 17.9. The summed E-state index contributed by atoms with van der Waals surface area (Å²) in [4.78, 5) is 29.2. The lowest BCUT2D eigenvalue weighted by atomic mass is 10.1. The molecule has 0 aliphatic carbocycles. The van der Waals surface area contributed by atoms with Crippen molar-refractivity contribution in [2.75, 3.05) is 5.32 Å². The van der Waals surface area contributed by atoms with Crippen LogP contribution < -0.4 is 10.6 Å². The first-order valence-electron chi connectivity index (χ1n) is 8.82. The molecule has 0 aromatic heterocycles. The monoisotopic (exact) mass is 381 g/mol. The van der Waals surface area contributed by atoms with Crippen LogP contribution in [0.25, 0.3) is 0 Å². The summed E-state index contributed by atoms with van der Waals surface area (Å²) in [5.41, 5.74) is 5.84. The predicted octanol–water partition coefficient (Wildman–Crippen LogP) is 4.17. The summed E-state index contributed by atoms with van der Waals surface area (Å²) in [5, 5.41) is 5.76. The van der Waals surface area contributed by atoms with Crippen molar-refractivity contribution in [2.24, 2.45) is 4.99 Å². The Morgan fingerprint density at radius 2 is 1.74 bits per heavy atom. The summed E-state index contributed by atoms with van der Waals surface area (Å²) < 4.78 is 0. The second kappa shape index (κ2) is 7.96. The van der Waals surface area contributed by atoms with Crippen molar-refractivity contribution < 1.29 is 9.59 Å². The molecule has 0 bridgehead atoms. The zero-order valence-corrected chi connectivity index (χ0v) is 16.7. The Labute approximate surface area is 163 Å². The number of amides is 2. The van der Waals surface area contributed by atoms with Gasteiger partial charge in [-0.15, -0.1) is 0 Å². The standard InChI is InChI=1S/C21H23N3O2S/c1-12-5-7-14(3)16(9-12)22-19(25)11-18-20(26)24-21(27-18)23-17-10-13(2)6-8-15(17)4/h5-10,18H,11H2,1-4H3,(H,22,25)(H,23,24,26)/t18-/m0/s1. The van der Waals surface area contributed by atoms with E-state index in [9.17, 15) is 9.59 Å². The number of nitrogens with one attached hydrogen (secondary N) is 2. The van der Waals surface area contributed by atoms with Crippen LogP contribution in [0.15, 0.2) is 41.4 Å². The van der Waals surface area contributed by atoms with Crippen molar-refractivity contribution in [3.05, 3.63) is 58.7 Å². The number of thioether (sulfide) groups is 1. The molecule has 1 fully saturated rings. The average molecular weight is 382 g/mol. The lowest BCUT2D eigenvalue weighted by molar-refractivity contribution is -0.122. The first kappa shape index (κ1) is 19.2. The highest BCUT2D eigenvalue weighted by atomic mass is 32.2. The lowest BCUT2D eigenvalue weighted by Gasteiger charge is -2.10. The molecular formula is C21H23N3O2S. The minimum Gasteiger partial charge on any atom is -0.326 e. The summed E-state index contributed by atoms with van der Waals surface area (Å²) >= 11 is 1.30. The highest BCUT2D eigenvalue weighted by molar-refractivity contribution is 8.15. The van der Waals surface area contributed by atoms with Crippen LogP contribution in [-0.2, 0) is 9.59 Å². The third-order valence-electron chi connectivity index (χ3n) is 4.40. The Bertz CT molecular complexity index is 937. The summed E-state index contributed by atoms with van der Waals surface area (Å²) in [7, 11) is 0. The van der Waals surface area contributed by atoms with Gasteiger partial charge >= 0.3 is 0 Å². The number of aliphatic imine (C=N–C) groups is 1. The van der Waals surface area contributed by atoms with E-state index in [0.717, 1.165) is 33.6 Å². The largest absolute Gasteiger partial charge is 0.326 e. The van der Waals surface area contributed by atoms with Gasteiger partial charge in [0.25, 0.3) is 0 Å². The number of carbonyl (C=O) groups excluding carboxylic acids is 2. The number of aryl methyl sites for hydroxylation is 4. The van der Waals surface area contributed by atoms with Gasteiger partial charge in [-0.3, -0.25) is 9.59 Å². The summed E-state index contributed by atoms with van der Waals surface area (Å²) in [5.74, 6) is -0.357. The molecule has 1 saturated heterocycles. The van der Waals surface area contributed by atoms with Crippen molar-refractivity contribution in [2.45, 2.75) is 39.4 Å². The van der Waals surface area contributed by atoms with Crippen molar-refractivity contribution in [1.29, 1.82) is 0 Å². The van der Waals surface area contributed by atoms with Crippen molar-refractivity contribution in [1.82, 2.24) is 5.32 Å². The van der Waals surface area contributed by atoms with Crippen molar-refractivity contribution >= 4 is 40.1 Å². The van der Waals surface area contributed by atoms with Gasteiger partial charge in [0, 0.05) is 12.1 Å². The number of hydrogen-bond acceptors (Lipinski definition) is 4. The molecule has 1 atom stereocenters. The Hall–Kier alpha value is -2.60. The van der Waals surface area contributed by atoms with E-state index in [1.165, 1.54) is 11.8 Å². The SMILES string of the molecule is Cc1ccc(C)c(N=C2NC(=O)[C@H](CC(=O)Nc3cc(C)ccc3C)S2)c1. The number of hydrogen-bond donors (Lipinski definition) is 2. The van der Waals surface area contributed by atoms with Crippen LogP contribution in [0.4, 0.5) is 11.4 Å². The minimum atomic E-state index is -0.473. The summed E-state index contributed by atoms with van der Waals surface area (Å²) in [6, 6.07) is 11.9. The maximum atomic E-state index is 12.4. The first-order chi connectivity index (χ1) is 12.8. The quantitative estimate of drug-likeness (QED) is 0.835. The Morgan fingerprint density at radius 3 is 2.48 bits per heavy atom. The predicted molar refractivity (Wildman–Crippen MR) is 112 cm³/mol. The fourth-order valence-corrected chi connectivity index (χ4v) is 3.76. The molecule has 5 nitrogen and oxygen atoms in total. The van der Waals surface area contributed by atoms with Gasteiger partial charge in [-0.2, -0.15) is 0 Å². The number of nitrogens with zero attached hydrogens (tertiary/aromatic N) is 1. The van der Waals surface area contributed by atoms with Crippen LogP contribution in [-0.4, -0.2) is 22.2 Å². The van der Waals surface area contributed by atoms with Crippen LogP contribution in [0, 0.1) is 27.7 Å². The molecule has 1 aliphatic heterocycles. The highest BCUT2D eigenvalue weighted by Gasteiger charge is 2.32. The maximum Gasteiger partial charge on any atom is 0.240 e. The Morgan fingerprint density at radius 1 is 1.07 bits per heavy atom.